The van der Waals surface area contributed by atoms with E-state index in [0.717, 1.165) is 16.8 Å². The third-order valence-corrected chi connectivity index (χ3v) is 5.09. The summed E-state index contributed by atoms with van der Waals surface area (Å²) in [4.78, 5) is 16.8. The van der Waals surface area contributed by atoms with Gasteiger partial charge in [0, 0.05) is 17.0 Å². The molecule has 1 heterocycles. The molecule has 162 valence electrons. The average Bonchev–Trinajstić information content (AvgIpc) is 3.26. The fourth-order valence-corrected chi connectivity index (χ4v) is 3.56. The lowest BCUT2D eigenvalue weighted by Gasteiger charge is -2.09. The van der Waals surface area contributed by atoms with Crippen LogP contribution in [0.2, 0.25) is 0 Å². The summed E-state index contributed by atoms with van der Waals surface area (Å²) in [6, 6.07) is 11.0. The minimum Gasteiger partial charge on any atom is -0.493 e. The van der Waals surface area contributed by atoms with E-state index in [2.05, 4.69) is 10.3 Å². The molecule has 1 amide bonds. The second kappa shape index (κ2) is 10.5. The lowest BCUT2D eigenvalue weighted by atomic mass is 10.1. The van der Waals surface area contributed by atoms with Gasteiger partial charge in [0.25, 0.3) is 0 Å². The molecule has 0 aliphatic rings. The number of anilines is 1. The largest absolute Gasteiger partial charge is 0.493 e. The molecule has 31 heavy (non-hydrogen) atoms. The summed E-state index contributed by atoms with van der Waals surface area (Å²) in [5, 5.41) is 5.16. The number of nitrogens with zero attached hydrogens (tertiary/aromatic N) is 1. The summed E-state index contributed by atoms with van der Waals surface area (Å²) < 4.78 is 21.4. The van der Waals surface area contributed by atoms with E-state index in [9.17, 15) is 4.79 Å². The van der Waals surface area contributed by atoms with E-state index in [1.807, 2.05) is 48.7 Å². The van der Waals surface area contributed by atoms with Gasteiger partial charge in [0.05, 0.1) is 33.6 Å². The molecule has 0 aliphatic heterocycles. The summed E-state index contributed by atoms with van der Waals surface area (Å²) in [6.45, 7) is 2.46. The minimum atomic E-state index is -0.277. The number of benzene rings is 2. The van der Waals surface area contributed by atoms with E-state index in [0.29, 0.717) is 34.7 Å². The summed E-state index contributed by atoms with van der Waals surface area (Å²) in [7, 11) is 4.75. The van der Waals surface area contributed by atoms with Crippen LogP contribution in [-0.4, -0.2) is 38.8 Å². The predicted octanol–water partition coefficient (Wildman–Crippen LogP) is 4.89. The number of carbonyl (C=O) groups is 1. The van der Waals surface area contributed by atoms with E-state index < -0.39 is 0 Å². The van der Waals surface area contributed by atoms with Crippen molar-refractivity contribution in [3.8, 4) is 34.3 Å². The Morgan fingerprint density at radius 3 is 2.42 bits per heavy atom. The maximum atomic E-state index is 12.3. The van der Waals surface area contributed by atoms with Crippen LogP contribution >= 0.6 is 11.3 Å². The zero-order valence-electron chi connectivity index (χ0n) is 17.8. The quantitative estimate of drug-likeness (QED) is 0.478. The molecule has 0 saturated heterocycles. The van der Waals surface area contributed by atoms with Crippen molar-refractivity contribution in [2.45, 2.75) is 6.92 Å². The van der Waals surface area contributed by atoms with Gasteiger partial charge >= 0.3 is 0 Å². The molecule has 1 N–H and O–H groups in total. The smallest absolute Gasteiger partial charge is 0.250 e. The maximum absolute atomic E-state index is 12.3. The summed E-state index contributed by atoms with van der Waals surface area (Å²) >= 11 is 1.35. The van der Waals surface area contributed by atoms with Gasteiger partial charge in [0.2, 0.25) is 5.91 Å². The van der Waals surface area contributed by atoms with Crippen molar-refractivity contribution >= 4 is 28.5 Å². The Hall–Kier alpha value is -3.52. The predicted molar refractivity (Wildman–Crippen MR) is 122 cm³/mol. The second-order valence-electron chi connectivity index (χ2n) is 6.27. The molecule has 0 aliphatic carbocycles. The van der Waals surface area contributed by atoms with Crippen molar-refractivity contribution in [3.05, 3.63) is 53.4 Å². The Morgan fingerprint density at radius 2 is 1.71 bits per heavy atom. The highest BCUT2D eigenvalue weighted by molar-refractivity contribution is 7.14. The zero-order valence-corrected chi connectivity index (χ0v) is 18.6. The number of nitrogens with one attached hydrogen (secondary N) is 1. The average molecular weight is 441 g/mol. The zero-order chi connectivity index (χ0) is 22.2. The first-order valence-corrected chi connectivity index (χ1v) is 10.4. The van der Waals surface area contributed by atoms with E-state index in [-0.39, 0.29) is 5.91 Å². The van der Waals surface area contributed by atoms with Crippen molar-refractivity contribution in [1.82, 2.24) is 4.98 Å². The highest BCUT2D eigenvalue weighted by Crippen LogP contribution is 2.33. The first-order valence-electron chi connectivity index (χ1n) is 9.55. The number of amides is 1. The molecule has 0 atom stereocenters. The molecule has 0 fully saturated rings. The van der Waals surface area contributed by atoms with Gasteiger partial charge in [-0.1, -0.05) is 6.07 Å². The second-order valence-corrected chi connectivity index (χ2v) is 7.13. The monoisotopic (exact) mass is 440 g/mol. The number of carbonyl (C=O) groups excluding carboxylic acids is 1. The van der Waals surface area contributed by atoms with Crippen LogP contribution in [-0.2, 0) is 4.79 Å². The lowest BCUT2D eigenvalue weighted by Crippen LogP contribution is -2.07. The van der Waals surface area contributed by atoms with Gasteiger partial charge in [0.1, 0.15) is 0 Å². The number of hydrogen-bond acceptors (Lipinski definition) is 7. The number of rotatable bonds is 9. The highest BCUT2D eigenvalue weighted by atomic mass is 32.1. The highest BCUT2D eigenvalue weighted by Gasteiger charge is 2.10. The lowest BCUT2D eigenvalue weighted by molar-refractivity contribution is -0.111. The van der Waals surface area contributed by atoms with Crippen LogP contribution in [0.3, 0.4) is 0 Å². The molecule has 0 saturated carbocycles. The van der Waals surface area contributed by atoms with Crippen LogP contribution < -0.4 is 24.3 Å². The first-order chi connectivity index (χ1) is 15.1. The molecule has 7 nitrogen and oxygen atoms in total. The van der Waals surface area contributed by atoms with Crippen LogP contribution in [0, 0.1) is 0 Å². The van der Waals surface area contributed by atoms with Crippen LogP contribution in [0.25, 0.3) is 17.3 Å². The normalized spacial score (nSPS) is 10.7. The maximum Gasteiger partial charge on any atom is 0.250 e. The van der Waals surface area contributed by atoms with Gasteiger partial charge in [0.15, 0.2) is 28.1 Å². The Bertz CT molecular complexity index is 1080. The van der Waals surface area contributed by atoms with Crippen molar-refractivity contribution < 1.29 is 23.7 Å². The van der Waals surface area contributed by atoms with Gasteiger partial charge in [-0.2, -0.15) is 0 Å². The van der Waals surface area contributed by atoms with E-state index >= 15 is 0 Å². The summed E-state index contributed by atoms with van der Waals surface area (Å²) in [5.41, 5.74) is 2.42. The number of ether oxygens (including phenoxy) is 4. The van der Waals surface area contributed by atoms with Crippen molar-refractivity contribution in [1.29, 1.82) is 0 Å². The van der Waals surface area contributed by atoms with Crippen molar-refractivity contribution in [2.24, 2.45) is 0 Å². The summed E-state index contributed by atoms with van der Waals surface area (Å²) in [5.74, 6) is 2.26. The fourth-order valence-electron chi connectivity index (χ4n) is 2.84. The van der Waals surface area contributed by atoms with Gasteiger partial charge in [-0.25, -0.2) is 4.98 Å². The first kappa shape index (κ1) is 22.2. The number of thiazole rings is 1. The molecule has 0 spiro atoms. The van der Waals surface area contributed by atoms with Crippen molar-refractivity contribution in [2.75, 3.05) is 33.3 Å². The molecular formula is C23H24N2O5S. The Balaban J connectivity index is 1.67. The van der Waals surface area contributed by atoms with Gasteiger partial charge in [-0.3, -0.25) is 10.1 Å². The number of methoxy groups -OCH3 is 3. The third kappa shape index (κ3) is 5.55. The van der Waals surface area contributed by atoms with Crippen molar-refractivity contribution in [3.63, 3.8) is 0 Å². The standard InChI is InChI=1S/C23H24N2O5S/c1-5-30-19-9-6-15(12-20(19)28-3)7-11-22(26)25-23-24-17(14-31-23)16-8-10-18(27-2)21(13-16)29-4/h6-14H,5H2,1-4H3,(H,24,25,26)/b11-7+. The molecule has 0 unspecified atom stereocenters. The molecule has 1 aromatic heterocycles. The molecule has 0 radical (unpaired) electrons. The van der Waals surface area contributed by atoms with Gasteiger partial charge in [-0.15, -0.1) is 11.3 Å². The van der Waals surface area contributed by atoms with Crippen LogP contribution in [0.15, 0.2) is 47.9 Å². The van der Waals surface area contributed by atoms with Crippen LogP contribution in [0.5, 0.6) is 23.0 Å². The fraction of sp³-hybridized carbons (Fsp3) is 0.217. The number of aromatic nitrogens is 1. The van der Waals surface area contributed by atoms with Crippen LogP contribution in [0.4, 0.5) is 5.13 Å². The number of hydrogen-bond donors (Lipinski definition) is 1. The molecule has 3 aromatic rings. The molecule has 2 aromatic carbocycles. The Labute approximate surface area is 185 Å². The van der Waals surface area contributed by atoms with E-state index in [1.54, 1.807) is 27.4 Å². The third-order valence-electron chi connectivity index (χ3n) is 4.33. The van der Waals surface area contributed by atoms with E-state index in [1.165, 1.54) is 17.4 Å². The molecule has 8 heteroatoms. The van der Waals surface area contributed by atoms with Crippen LogP contribution in [0.1, 0.15) is 12.5 Å². The Morgan fingerprint density at radius 1 is 1.00 bits per heavy atom. The van der Waals surface area contributed by atoms with E-state index in [4.69, 9.17) is 18.9 Å². The SMILES string of the molecule is CCOc1ccc(/C=C/C(=O)Nc2nc(-c3ccc(OC)c(OC)c3)cs2)cc1OC. The molecule has 0 bridgehead atoms. The summed E-state index contributed by atoms with van der Waals surface area (Å²) in [6.07, 6.45) is 3.16. The molecular weight excluding hydrogens is 416 g/mol. The Kier molecular flexibility index (Phi) is 7.50. The van der Waals surface area contributed by atoms with Gasteiger partial charge in [-0.05, 0) is 48.9 Å². The van der Waals surface area contributed by atoms with Gasteiger partial charge < -0.3 is 18.9 Å². The topological polar surface area (TPSA) is 78.9 Å². The molecule has 3 rings (SSSR count). The minimum absolute atomic E-state index is 0.277.